The first kappa shape index (κ1) is 21.0. The number of benzene rings is 1. The van der Waals surface area contributed by atoms with Gasteiger partial charge in [0.2, 0.25) is 10.0 Å². The van der Waals surface area contributed by atoms with E-state index in [-0.39, 0.29) is 0 Å². The summed E-state index contributed by atoms with van der Waals surface area (Å²) in [4.78, 5) is 5.07. The number of nitrogens with zero attached hydrogens (tertiary/aromatic N) is 2. The molecule has 0 saturated carbocycles. The average Bonchev–Trinajstić information content (AvgIpc) is 3.35. The van der Waals surface area contributed by atoms with Crippen molar-refractivity contribution >= 4 is 21.4 Å². The Labute approximate surface area is 182 Å². The molecule has 1 aromatic carbocycles. The van der Waals surface area contributed by atoms with Gasteiger partial charge in [-0.15, -0.1) is 11.3 Å². The van der Waals surface area contributed by atoms with Crippen molar-refractivity contribution in [1.82, 2.24) is 14.3 Å². The number of hydrogen-bond donors (Lipinski definition) is 1. The van der Waals surface area contributed by atoms with Crippen LogP contribution < -0.4 is 4.72 Å². The fraction of sp³-hybridized carbons (Fsp3) is 0.348. The van der Waals surface area contributed by atoms with Crippen molar-refractivity contribution < 1.29 is 8.42 Å². The number of rotatable bonds is 7. The standard InChI is InChI=1S/C23H27N3O2S2/c1-17-22(30(27,28)24-14-13-18-9-5-3-6-10-18)15-21(26(17)2)23-25-20(16-29-23)19-11-7-4-8-12-19/h4,7-9,11-12,15-16,24H,3,5-6,10,13-14H2,1-2H3. The largest absolute Gasteiger partial charge is 0.345 e. The van der Waals surface area contributed by atoms with E-state index in [0.717, 1.165) is 41.2 Å². The predicted molar refractivity (Wildman–Crippen MR) is 123 cm³/mol. The summed E-state index contributed by atoms with van der Waals surface area (Å²) in [5.41, 5.74) is 4.85. The van der Waals surface area contributed by atoms with Crippen LogP contribution in [0, 0.1) is 6.92 Å². The molecule has 0 unspecified atom stereocenters. The van der Waals surface area contributed by atoms with Crippen molar-refractivity contribution in [3.05, 3.63) is 59.1 Å². The Bertz CT molecular complexity index is 1160. The van der Waals surface area contributed by atoms with Crippen LogP contribution in [0.15, 0.2) is 58.3 Å². The van der Waals surface area contributed by atoms with Gasteiger partial charge < -0.3 is 4.57 Å². The van der Waals surface area contributed by atoms with Gasteiger partial charge in [-0.3, -0.25) is 0 Å². The third kappa shape index (κ3) is 4.43. The first-order valence-corrected chi connectivity index (χ1v) is 12.7. The summed E-state index contributed by atoms with van der Waals surface area (Å²) < 4.78 is 30.6. The second-order valence-electron chi connectivity index (χ2n) is 7.70. The van der Waals surface area contributed by atoms with Gasteiger partial charge in [-0.2, -0.15) is 0 Å². The Kier molecular flexibility index (Phi) is 6.22. The molecule has 1 N–H and O–H groups in total. The monoisotopic (exact) mass is 441 g/mol. The van der Waals surface area contributed by atoms with E-state index in [0.29, 0.717) is 17.1 Å². The Hall–Kier alpha value is -2.22. The van der Waals surface area contributed by atoms with Crippen LogP contribution >= 0.6 is 11.3 Å². The molecule has 2 aromatic heterocycles. The molecule has 0 atom stereocenters. The van der Waals surface area contributed by atoms with E-state index in [1.807, 2.05) is 54.3 Å². The van der Waals surface area contributed by atoms with E-state index in [1.165, 1.54) is 29.8 Å². The van der Waals surface area contributed by atoms with Gasteiger partial charge in [0.15, 0.2) is 0 Å². The van der Waals surface area contributed by atoms with Gasteiger partial charge >= 0.3 is 0 Å². The average molecular weight is 442 g/mol. The van der Waals surface area contributed by atoms with E-state index in [1.54, 1.807) is 6.07 Å². The molecule has 7 heteroatoms. The third-order valence-electron chi connectivity index (χ3n) is 5.69. The third-order valence-corrected chi connectivity index (χ3v) is 8.14. The molecule has 0 amide bonds. The maximum absolute atomic E-state index is 13.0. The zero-order valence-corrected chi connectivity index (χ0v) is 19.0. The molecule has 30 heavy (non-hydrogen) atoms. The first-order chi connectivity index (χ1) is 14.5. The molecule has 0 bridgehead atoms. The molecule has 0 aliphatic heterocycles. The molecule has 1 aliphatic rings. The molecule has 0 saturated heterocycles. The number of nitrogens with one attached hydrogen (secondary N) is 1. The van der Waals surface area contributed by atoms with E-state index in [4.69, 9.17) is 4.98 Å². The number of thiazole rings is 1. The topological polar surface area (TPSA) is 64.0 Å². The number of aromatic nitrogens is 2. The summed E-state index contributed by atoms with van der Waals surface area (Å²) in [5.74, 6) is 0. The number of allylic oxidation sites excluding steroid dienone is 1. The maximum atomic E-state index is 13.0. The van der Waals surface area contributed by atoms with Crippen molar-refractivity contribution in [1.29, 1.82) is 0 Å². The molecule has 0 spiro atoms. The molecular weight excluding hydrogens is 414 g/mol. The van der Waals surface area contributed by atoms with Gasteiger partial charge in [-0.1, -0.05) is 42.0 Å². The van der Waals surface area contributed by atoms with Crippen LogP contribution in [-0.4, -0.2) is 24.5 Å². The summed E-state index contributed by atoms with van der Waals surface area (Å²) in [6.07, 6.45) is 7.69. The van der Waals surface area contributed by atoms with Gasteiger partial charge in [0.25, 0.3) is 0 Å². The minimum atomic E-state index is -3.57. The van der Waals surface area contributed by atoms with Crippen LogP contribution in [0.5, 0.6) is 0 Å². The molecule has 1 aliphatic carbocycles. The predicted octanol–water partition coefficient (Wildman–Crippen LogP) is 5.29. The molecule has 3 aromatic rings. The molecule has 4 rings (SSSR count). The molecule has 158 valence electrons. The van der Waals surface area contributed by atoms with Gasteiger partial charge in [0.1, 0.15) is 9.90 Å². The van der Waals surface area contributed by atoms with Crippen molar-refractivity contribution in [3.8, 4) is 22.0 Å². The molecule has 0 fully saturated rings. The highest BCUT2D eigenvalue weighted by atomic mass is 32.2. The van der Waals surface area contributed by atoms with Crippen LogP contribution in [-0.2, 0) is 17.1 Å². The maximum Gasteiger partial charge on any atom is 0.242 e. The smallest absolute Gasteiger partial charge is 0.242 e. The normalized spacial score (nSPS) is 14.7. The van der Waals surface area contributed by atoms with E-state index in [9.17, 15) is 8.42 Å². The van der Waals surface area contributed by atoms with Crippen molar-refractivity contribution in [2.75, 3.05) is 6.54 Å². The molecule has 0 radical (unpaired) electrons. The molecule has 2 heterocycles. The Morgan fingerprint density at radius 2 is 2.00 bits per heavy atom. The molecule has 5 nitrogen and oxygen atoms in total. The Balaban J connectivity index is 1.54. The highest BCUT2D eigenvalue weighted by molar-refractivity contribution is 7.89. The quantitative estimate of drug-likeness (QED) is 0.507. The Morgan fingerprint density at radius 1 is 1.20 bits per heavy atom. The van der Waals surface area contributed by atoms with Gasteiger partial charge in [-0.25, -0.2) is 18.1 Å². The van der Waals surface area contributed by atoms with Crippen LogP contribution in [0.2, 0.25) is 0 Å². The first-order valence-electron chi connectivity index (χ1n) is 10.3. The minimum Gasteiger partial charge on any atom is -0.345 e. The van der Waals surface area contributed by atoms with Crippen LogP contribution in [0.1, 0.15) is 37.8 Å². The zero-order valence-electron chi connectivity index (χ0n) is 17.4. The lowest BCUT2D eigenvalue weighted by Crippen LogP contribution is -2.25. The number of sulfonamides is 1. The zero-order chi connectivity index (χ0) is 21.1. The van der Waals surface area contributed by atoms with Gasteiger partial charge in [0.05, 0.1) is 11.4 Å². The van der Waals surface area contributed by atoms with Crippen LogP contribution in [0.3, 0.4) is 0 Å². The lowest BCUT2D eigenvalue weighted by Gasteiger charge is -2.13. The summed E-state index contributed by atoms with van der Waals surface area (Å²) in [5, 5.41) is 2.82. The fourth-order valence-corrected chi connectivity index (χ4v) is 6.04. The SMILES string of the molecule is Cc1c(S(=O)(=O)NCCC2=CCCCC2)cc(-c2nc(-c3ccccc3)cs2)n1C. The molecular formula is C23H27N3O2S2. The van der Waals surface area contributed by atoms with E-state index < -0.39 is 10.0 Å². The summed E-state index contributed by atoms with van der Waals surface area (Å²) in [6.45, 7) is 2.28. The lowest BCUT2D eigenvalue weighted by atomic mass is 9.97. The summed E-state index contributed by atoms with van der Waals surface area (Å²) >= 11 is 1.53. The lowest BCUT2D eigenvalue weighted by molar-refractivity contribution is 0.578. The Morgan fingerprint density at radius 3 is 2.73 bits per heavy atom. The highest BCUT2D eigenvalue weighted by Crippen LogP contribution is 2.32. The van der Waals surface area contributed by atoms with Crippen LogP contribution in [0.4, 0.5) is 0 Å². The second kappa shape index (κ2) is 8.88. The number of hydrogen-bond acceptors (Lipinski definition) is 4. The minimum absolute atomic E-state index is 0.328. The van der Waals surface area contributed by atoms with Crippen molar-refractivity contribution in [2.24, 2.45) is 7.05 Å². The highest BCUT2D eigenvalue weighted by Gasteiger charge is 2.23. The fourth-order valence-electron chi connectivity index (χ4n) is 3.84. The van der Waals surface area contributed by atoms with Crippen molar-refractivity contribution in [3.63, 3.8) is 0 Å². The van der Waals surface area contributed by atoms with Gasteiger partial charge in [-0.05, 0) is 45.1 Å². The van der Waals surface area contributed by atoms with Crippen LogP contribution in [0.25, 0.3) is 22.0 Å². The van der Waals surface area contributed by atoms with E-state index in [2.05, 4.69) is 10.8 Å². The van der Waals surface area contributed by atoms with Gasteiger partial charge in [0, 0.05) is 30.2 Å². The second-order valence-corrected chi connectivity index (χ2v) is 10.3. The summed E-state index contributed by atoms with van der Waals surface area (Å²) in [7, 11) is -1.68. The van der Waals surface area contributed by atoms with E-state index >= 15 is 0 Å². The summed E-state index contributed by atoms with van der Waals surface area (Å²) in [6, 6.07) is 11.7. The van der Waals surface area contributed by atoms with Crippen molar-refractivity contribution in [2.45, 2.75) is 43.9 Å².